The summed E-state index contributed by atoms with van der Waals surface area (Å²) >= 11 is 1.06. The van der Waals surface area contributed by atoms with Crippen LogP contribution >= 0.6 is 22.0 Å². The molecule has 0 aliphatic carbocycles. The second-order valence-electron chi connectivity index (χ2n) is 5.63. The zero-order valence-corrected chi connectivity index (χ0v) is 16.1. The molecule has 0 spiro atoms. The van der Waals surface area contributed by atoms with Crippen molar-refractivity contribution in [3.63, 3.8) is 0 Å². The molecule has 0 N–H and O–H groups in total. The van der Waals surface area contributed by atoms with Crippen LogP contribution in [0.5, 0.6) is 5.75 Å². The van der Waals surface area contributed by atoms with Gasteiger partial charge >= 0.3 is 0 Å². The van der Waals surface area contributed by atoms with Gasteiger partial charge in [-0.2, -0.15) is 0 Å². The molecule has 2 aromatic carbocycles. The molecule has 0 unspecified atom stereocenters. The third-order valence-electron chi connectivity index (χ3n) is 3.58. The van der Waals surface area contributed by atoms with E-state index < -0.39 is 9.05 Å². The SMILES string of the molecule is Cc1ccc(COc2cccc(-c3nc(C)c(S(=O)(=O)Cl)s3)c2)cc1. The van der Waals surface area contributed by atoms with Crippen LogP contribution in [0.15, 0.2) is 52.7 Å². The first-order chi connectivity index (χ1) is 11.8. The Morgan fingerprint density at radius 3 is 2.48 bits per heavy atom. The Bertz CT molecular complexity index is 995. The normalized spacial score (nSPS) is 11.5. The van der Waals surface area contributed by atoms with Gasteiger partial charge in [0.15, 0.2) is 4.21 Å². The molecule has 0 fully saturated rings. The highest BCUT2D eigenvalue weighted by molar-refractivity contribution is 8.15. The maximum atomic E-state index is 11.6. The third kappa shape index (κ3) is 4.39. The molecule has 7 heteroatoms. The quantitative estimate of drug-likeness (QED) is 0.576. The number of nitrogens with zero attached hydrogens (tertiary/aromatic N) is 1. The van der Waals surface area contributed by atoms with Crippen LogP contribution in [-0.4, -0.2) is 13.4 Å². The minimum atomic E-state index is -3.78. The summed E-state index contributed by atoms with van der Waals surface area (Å²) < 4.78 is 29.0. The number of thiazole rings is 1. The van der Waals surface area contributed by atoms with Crippen LogP contribution in [0.3, 0.4) is 0 Å². The van der Waals surface area contributed by atoms with Crippen LogP contribution in [0.25, 0.3) is 10.6 Å². The van der Waals surface area contributed by atoms with Crippen molar-refractivity contribution in [2.75, 3.05) is 0 Å². The fraction of sp³-hybridized carbons (Fsp3) is 0.167. The number of hydrogen-bond donors (Lipinski definition) is 0. The number of aryl methyl sites for hydroxylation is 2. The first kappa shape index (κ1) is 17.9. The molecule has 1 heterocycles. The summed E-state index contributed by atoms with van der Waals surface area (Å²) in [6.45, 7) is 4.13. The minimum Gasteiger partial charge on any atom is -0.489 e. The van der Waals surface area contributed by atoms with Crippen LogP contribution in [0, 0.1) is 13.8 Å². The molecule has 0 aliphatic heterocycles. The number of aromatic nitrogens is 1. The zero-order chi connectivity index (χ0) is 18.0. The van der Waals surface area contributed by atoms with Gasteiger partial charge in [-0.3, -0.25) is 0 Å². The summed E-state index contributed by atoms with van der Waals surface area (Å²) in [5.74, 6) is 0.696. The van der Waals surface area contributed by atoms with Gasteiger partial charge in [-0.05, 0) is 31.5 Å². The van der Waals surface area contributed by atoms with Crippen molar-refractivity contribution in [3.8, 4) is 16.3 Å². The summed E-state index contributed by atoms with van der Waals surface area (Å²) in [4.78, 5) is 4.32. The molecule has 3 aromatic rings. The van der Waals surface area contributed by atoms with E-state index in [-0.39, 0.29) is 4.21 Å². The van der Waals surface area contributed by atoms with Crippen LogP contribution in [0.4, 0.5) is 0 Å². The van der Waals surface area contributed by atoms with Gasteiger partial charge in [-0.1, -0.05) is 42.0 Å². The fourth-order valence-electron chi connectivity index (χ4n) is 2.30. The second kappa shape index (κ2) is 7.15. The second-order valence-corrected chi connectivity index (χ2v) is 9.39. The smallest absolute Gasteiger partial charge is 0.272 e. The maximum Gasteiger partial charge on any atom is 0.272 e. The molecule has 0 atom stereocenters. The van der Waals surface area contributed by atoms with Crippen LogP contribution in [0.2, 0.25) is 0 Å². The Labute approximate surface area is 155 Å². The van der Waals surface area contributed by atoms with Crippen molar-refractivity contribution in [3.05, 3.63) is 65.4 Å². The molecule has 1 aromatic heterocycles. The lowest BCUT2D eigenvalue weighted by Gasteiger charge is -2.07. The lowest BCUT2D eigenvalue weighted by Crippen LogP contribution is -1.95. The highest BCUT2D eigenvalue weighted by Gasteiger charge is 2.20. The zero-order valence-electron chi connectivity index (χ0n) is 13.7. The van der Waals surface area contributed by atoms with Gasteiger partial charge in [0, 0.05) is 16.2 Å². The first-order valence-corrected chi connectivity index (χ1v) is 10.7. The summed E-state index contributed by atoms with van der Waals surface area (Å²) in [5.41, 5.74) is 3.48. The van der Waals surface area contributed by atoms with Crippen molar-refractivity contribution in [1.29, 1.82) is 0 Å². The van der Waals surface area contributed by atoms with Gasteiger partial charge in [0.2, 0.25) is 0 Å². The molecule has 130 valence electrons. The number of benzene rings is 2. The number of hydrogen-bond acceptors (Lipinski definition) is 5. The van der Waals surface area contributed by atoms with Gasteiger partial charge in [-0.15, -0.1) is 11.3 Å². The van der Waals surface area contributed by atoms with Crippen molar-refractivity contribution in [1.82, 2.24) is 4.98 Å². The molecule has 25 heavy (non-hydrogen) atoms. The molecular formula is C18H16ClNO3S2. The van der Waals surface area contributed by atoms with E-state index in [1.165, 1.54) is 5.56 Å². The largest absolute Gasteiger partial charge is 0.489 e. The Hall–Kier alpha value is -1.89. The molecule has 0 saturated carbocycles. The molecule has 0 saturated heterocycles. The van der Waals surface area contributed by atoms with Gasteiger partial charge < -0.3 is 4.74 Å². The Kier molecular flexibility index (Phi) is 5.13. The highest BCUT2D eigenvalue weighted by Crippen LogP contribution is 2.34. The average molecular weight is 394 g/mol. The van der Waals surface area contributed by atoms with Crippen LogP contribution < -0.4 is 4.74 Å². The molecular weight excluding hydrogens is 378 g/mol. The summed E-state index contributed by atoms with van der Waals surface area (Å²) in [5, 5.41) is 0.595. The molecule has 4 nitrogen and oxygen atoms in total. The van der Waals surface area contributed by atoms with E-state index in [4.69, 9.17) is 15.4 Å². The lowest BCUT2D eigenvalue weighted by atomic mass is 10.2. The van der Waals surface area contributed by atoms with E-state index in [2.05, 4.69) is 4.98 Å². The molecule has 0 amide bonds. The molecule has 0 radical (unpaired) electrons. The van der Waals surface area contributed by atoms with E-state index >= 15 is 0 Å². The number of halogens is 1. The Morgan fingerprint density at radius 1 is 1.12 bits per heavy atom. The van der Waals surface area contributed by atoms with Crippen molar-refractivity contribution in [2.45, 2.75) is 24.7 Å². The van der Waals surface area contributed by atoms with Crippen LogP contribution in [-0.2, 0) is 15.7 Å². The lowest BCUT2D eigenvalue weighted by molar-refractivity contribution is 0.306. The van der Waals surface area contributed by atoms with Gasteiger partial charge in [0.05, 0.1) is 5.69 Å². The topological polar surface area (TPSA) is 56.3 Å². The number of ether oxygens (including phenoxy) is 1. The minimum absolute atomic E-state index is 0.0788. The van der Waals surface area contributed by atoms with Gasteiger partial charge in [0.25, 0.3) is 9.05 Å². The summed E-state index contributed by atoms with van der Waals surface area (Å²) in [6.07, 6.45) is 0. The standard InChI is InChI=1S/C18H16ClNO3S2/c1-12-6-8-14(9-7-12)11-23-16-5-3-4-15(10-16)17-20-13(2)18(24-17)25(19,21)22/h3-10H,11H2,1-2H3. The van der Waals surface area contributed by atoms with E-state index in [0.717, 1.165) is 22.5 Å². The van der Waals surface area contributed by atoms with Crippen molar-refractivity contribution in [2.24, 2.45) is 0 Å². The maximum absolute atomic E-state index is 11.6. The summed E-state index contributed by atoms with van der Waals surface area (Å²) in [6, 6.07) is 15.6. The van der Waals surface area contributed by atoms with Crippen molar-refractivity contribution >= 4 is 31.1 Å². The van der Waals surface area contributed by atoms with E-state index in [1.54, 1.807) is 6.92 Å². The highest BCUT2D eigenvalue weighted by atomic mass is 35.7. The van der Waals surface area contributed by atoms with Gasteiger partial charge in [0.1, 0.15) is 17.4 Å². The predicted octanol–water partition coefficient (Wildman–Crippen LogP) is 4.93. The molecule has 0 bridgehead atoms. The Morgan fingerprint density at radius 2 is 1.84 bits per heavy atom. The fourth-order valence-corrected chi connectivity index (χ4v) is 4.75. The van der Waals surface area contributed by atoms with E-state index in [9.17, 15) is 8.42 Å². The van der Waals surface area contributed by atoms with Gasteiger partial charge in [-0.25, -0.2) is 13.4 Å². The predicted molar refractivity (Wildman–Crippen MR) is 101 cm³/mol. The third-order valence-corrected chi connectivity index (χ3v) is 6.97. The first-order valence-electron chi connectivity index (χ1n) is 7.54. The monoisotopic (exact) mass is 393 g/mol. The molecule has 0 aliphatic rings. The van der Waals surface area contributed by atoms with Crippen LogP contribution in [0.1, 0.15) is 16.8 Å². The molecule has 3 rings (SSSR count). The Balaban J connectivity index is 1.81. The summed E-state index contributed by atoms with van der Waals surface area (Å²) in [7, 11) is 1.66. The average Bonchev–Trinajstić information content (AvgIpc) is 2.97. The van der Waals surface area contributed by atoms with E-state index in [0.29, 0.717) is 23.1 Å². The van der Waals surface area contributed by atoms with E-state index in [1.807, 2.05) is 55.5 Å². The number of rotatable bonds is 5. The van der Waals surface area contributed by atoms with Crippen molar-refractivity contribution < 1.29 is 13.2 Å².